The first-order chi connectivity index (χ1) is 9.88. The standard InChI is InChI=1S/C15H14F2N2O2/c1-19(8-9-2-4-12(16)13(17)6-9)14-5-3-10(18)7-11(14)15(20)21/h2-7H,8,18H2,1H3,(H,20,21). The maximum Gasteiger partial charge on any atom is 0.337 e. The van der Waals surface area contributed by atoms with Crippen LogP contribution in [0.5, 0.6) is 0 Å². The number of nitrogen functional groups attached to an aromatic ring is 1. The number of halogens is 2. The average Bonchev–Trinajstić information content (AvgIpc) is 2.42. The second kappa shape index (κ2) is 5.78. The first kappa shape index (κ1) is 14.8. The molecule has 110 valence electrons. The van der Waals surface area contributed by atoms with Crippen LogP contribution < -0.4 is 10.6 Å². The van der Waals surface area contributed by atoms with E-state index in [1.165, 1.54) is 12.1 Å². The van der Waals surface area contributed by atoms with Gasteiger partial charge in [-0.2, -0.15) is 0 Å². The number of carbonyl (C=O) groups is 1. The first-order valence-electron chi connectivity index (χ1n) is 6.16. The van der Waals surface area contributed by atoms with Gasteiger partial charge in [0.05, 0.1) is 11.3 Å². The fraction of sp³-hybridized carbons (Fsp3) is 0.133. The van der Waals surface area contributed by atoms with Gasteiger partial charge in [-0.25, -0.2) is 13.6 Å². The number of hydrogen-bond acceptors (Lipinski definition) is 3. The number of carboxylic acid groups (broad SMARTS) is 1. The Morgan fingerprint density at radius 1 is 1.19 bits per heavy atom. The Balaban J connectivity index is 2.29. The molecule has 0 bridgehead atoms. The van der Waals surface area contributed by atoms with E-state index in [4.69, 9.17) is 5.73 Å². The fourth-order valence-electron chi connectivity index (χ4n) is 2.05. The van der Waals surface area contributed by atoms with Crippen molar-refractivity contribution in [2.45, 2.75) is 6.54 Å². The summed E-state index contributed by atoms with van der Waals surface area (Å²) in [5.41, 5.74) is 6.96. The van der Waals surface area contributed by atoms with Crippen LogP contribution >= 0.6 is 0 Å². The second-order valence-corrected chi connectivity index (χ2v) is 4.69. The monoisotopic (exact) mass is 292 g/mol. The van der Waals surface area contributed by atoms with Crippen molar-refractivity contribution in [3.63, 3.8) is 0 Å². The number of rotatable bonds is 4. The van der Waals surface area contributed by atoms with E-state index in [2.05, 4.69) is 0 Å². The molecule has 0 heterocycles. The molecule has 0 amide bonds. The molecule has 2 aromatic rings. The van der Waals surface area contributed by atoms with E-state index in [-0.39, 0.29) is 12.1 Å². The summed E-state index contributed by atoms with van der Waals surface area (Å²) in [6, 6.07) is 8.11. The quantitative estimate of drug-likeness (QED) is 0.850. The Morgan fingerprint density at radius 2 is 1.90 bits per heavy atom. The van der Waals surface area contributed by atoms with Crippen molar-refractivity contribution in [1.82, 2.24) is 0 Å². The third kappa shape index (κ3) is 3.28. The van der Waals surface area contributed by atoms with Gasteiger partial charge in [0, 0.05) is 19.3 Å². The Bertz CT molecular complexity index is 689. The van der Waals surface area contributed by atoms with Crippen LogP contribution in [0.1, 0.15) is 15.9 Å². The van der Waals surface area contributed by atoms with Gasteiger partial charge in [0.25, 0.3) is 0 Å². The maximum atomic E-state index is 13.2. The topological polar surface area (TPSA) is 66.6 Å². The first-order valence-corrected chi connectivity index (χ1v) is 6.16. The molecule has 2 aromatic carbocycles. The SMILES string of the molecule is CN(Cc1ccc(F)c(F)c1)c1ccc(N)cc1C(=O)O. The lowest BCUT2D eigenvalue weighted by atomic mass is 10.1. The van der Waals surface area contributed by atoms with Crippen molar-refractivity contribution in [3.05, 3.63) is 59.2 Å². The molecule has 0 spiro atoms. The molecule has 0 radical (unpaired) electrons. The third-order valence-electron chi connectivity index (χ3n) is 3.07. The van der Waals surface area contributed by atoms with Crippen molar-refractivity contribution in [2.24, 2.45) is 0 Å². The summed E-state index contributed by atoms with van der Waals surface area (Å²) in [5.74, 6) is -2.95. The molecular formula is C15H14F2N2O2. The van der Waals surface area contributed by atoms with E-state index in [0.29, 0.717) is 16.9 Å². The van der Waals surface area contributed by atoms with E-state index in [0.717, 1.165) is 12.1 Å². The normalized spacial score (nSPS) is 10.4. The Kier molecular flexibility index (Phi) is 4.07. The molecule has 0 aromatic heterocycles. The molecule has 0 aliphatic rings. The summed E-state index contributed by atoms with van der Waals surface area (Å²) < 4.78 is 26.1. The van der Waals surface area contributed by atoms with Gasteiger partial charge in [0.15, 0.2) is 11.6 Å². The molecule has 0 saturated carbocycles. The van der Waals surface area contributed by atoms with Crippen LogP contribution in [0.15, 0.2) is 36.4 Å². The average molecular weight is 292 g/mol. The minimum atomic E-state index is -1.10. The van der Waals surface area contributed by atoms with Crippen LogP contribution in [0.3, 0.4) is 0 Å². The second-order valence-electron chi connectivity index (χ2n) is 4.69. The van der Waals surface area contributed by atoms with Crippen LogP contribution in [-0.2, 0) is 6.54 Å². The molecule has 2 rings (SSSR count). The predicted molar refractivity (Wildman–Crippen MR) is 76.3 cm³/mol. The highest BCUT2D eigenvalue weighted by atomic mass is 19.2. The zero-order valence-corrected chi connectivity index (χ0v) is 11.3. The minimum absolute atomic E-state index is 0.0556. The molecule has 4 nitrogen and oxygen atoms in total. The Labute approximate surface area is 120 Å². The number of hydrogen-bond donors (Lipinski definition) is 2. The highest BCUT2D eigenvalue weighted by molar-refractivity contribution is 5.95. The van der Waals surface area contributed by atoms with Gasteiger partial charge in [-0.3, -0.25) is 0 Å². The summed E-state index contributed by atoms with van der Waals surface area (Å²) in [6.07, 6.45) is 0. The lowest BCUT2D eigenvalue weighted by Gasteiger charge is -2.21. The summed E-state index contributed by atoms with van der Waals surface area (Å²) in [7, 11) is 1.67. The molecular weight excluding hydrogens is 278 g/mol. The van der Waals surface area contributed by atoms with Crippen molar-refractivity contribution in [2.75, 3.05) is 17.7 Å². The molecule has 0 aliphatic heterocycles. The Morgan fingerprint density at radius 3 is 2.52 bits per heavy atom. The summed E-state index contributed by atoms with van der Waals surface area (Å²) in [5, 5.41) is 9.19. The minimum Gasteiger partial charge on any atom is -0.478 e. The number of nitrogens with two attached hydrogens (primary N) is 1. The molecule has 0 atom stereocenters. The van der Waals surface area contributed by atoms with Crippen molar-refractivity contribution < 1.29 is 18.7 Å². The van der Waals surface area contributed by atoms with E-state index in [9.17, 15) is 18.7 Å². The number of benzene rings is 2. The third-order valence-corrected chi connectivity index (χ3v) is 3.07. The summed E-state index contributed by atoms with van der Waals surface area (Å²) in [4.78, 5) is 12.9. The highest BCUT2D eigenvalue weighted by Gasteiger charge is 2.14. The van der Waals surface area contributed by atoms with Gasteiger partial charge >= 0.3 is 5.97 Å². The molecule has 21 heavy (non-hydrogen) atoms. The fourth-order valence-corrected chi connectivity index (χ4v) is 2.05. The number of carboxylic acids is 1. The number of nitrogens with zero attached hydrogens (tertiary/aromatic N) is 1. The van der Waals surface area contributed by atoms with E-state index >= 15 is 0 Å². The van der Waals surface area contributed by atoms with Gasteiger partial charge in [0.1, 0.15) is 0 Å². The molecule has 0 unspecified atom stereocenters. The van der Waals surface area contributed by atoms with Crippen LogP contribution in [-0.4, -0.2) is 18.1 Å². The van der Waals surface area contributed by atoms with Gasteiger partial charge in [0.2, 0.25) is 0 Å². The molecule has 3 N–H and O–H groups in total. The maximum absolute atomic E-state index is 13.2. The lowest BCUT2D eigenvalue weighted by molar-refractivity contribution is 0.0697. The van der Waals surface area contributed by atoms with Crippen LogP contribution in [0.4, 0.5) is 20.2 Å². The summed E-state index contributed by atoms with van der Waals surface area (Å²) in [6.45, 7) is 0.237. The van der Waals surface area contributed by atoms with E-state index < -0.39 is 17.6 Å². The largest absolute Gasteiger partial charge is 0.478 e. The van der Waals surface area contributed by atoms with Crippen LogP contribution in [0, 0.1) is 11.6 Å². The van der Waals surface area contributed by atoms with E-state index in [1.807, 2.05) is 0 Å². The van der Waals surface area contributed by atoms with Crippen molar-refractivity contribution in [3.8, 4) is 0 Å². The molecule has 0 aliphatic carbocycles. The summed E-state index contributed by atoms with van der Waals surface area (Å²) >= 11 is 0. The molecule has 0 fully saturated rings. The smallest absolute Gasteiger partial charge is 0.337 e. The van der Waals surface area contributed by atoms with Gasteiger partial charge < -0.3 is 15.7 Å². The number of anilines is 2. The van der Waals surface area contributed by atoms with Gasteiger partial charge in [-0.1, -0.05) is 6.07 Å². The molecule has 6 heteroatoms. The highest BCUT2D eigenvalue weighted by Crippen LogP contribution is 2.24. The van der Waals surface area contributed by atoms with Gasteiger partial charge in [-0.05, 0) is 35.9 Å². The lowest BCUT2D eigenvalue weighted by Crippen LogP contribution is -2.19. The van der Waals surface area contributed by atoms with Crippen LogP contribution in [0.25, 0.3) is 0 Å². The van der Waals surface area contributed by atoms with Crippen molar-refractivity contribution in [1.29, 1.82) is 0 Å². The van der Waals surface area contributed by atoms with Crippen molar-refractivity contribution >= 4 is 17.3 Å². The zero-order valence-electron chi connectivity index (χ0n) is 11.3. The van der Waals surface area contributed by atoms with Crippen LogP contribution in [0.2, 0.25) is 0 Å². The molecule has 0 saturated heterocycles. The Hall–Kier alpha value is -2.63. The predicted octanol–water partition coefficient (Wildman–Crippen LogP) is 2.88. The van der Waals surface area contributed by atoms with E-state index in [1.54, 1.807) is 24.1 Å². The van der Waals surface area contributed by atoms with Gasteiger partial charge in [-0.15, -0.1) is 0 Å². The number of aromatic carboxylic acids is 1. The zero-order chi connectivity index (χ0) is 15.6.